The fraction of sp³-hybridized carbons (Fsp3) is 0.333. The number of aromatic nitrogens is 2. The molecule has 21 heavy (non-hydrogen) atoms. The van der Waals surface area contributed by atoms with Crippen molar-refractivity contribution in [3.8, 4) is 5.75 Å². The first-order valence-corrected chi connectivity index (χ1v) is 6.94. The SMILES string of the molecule is CCn1nc(C)c(Cl)c1CC(=O)c1ccc(OC)c(F)c1. The highest BCUT2D eigenvalue weighted by molar-refractivity contribution is 6.32. The van der Waals surface area contributed by atoms with Crippen LogP contribution in [0.25, 0.3) is 0 Å². The predicted molar refractivity (Wildman–Crippen MR) is 78.6 cm³/mol. The van der Waals surface area contributed by atoms with Gasteiger partial charge in [-0.1, -0.05) is 11.6 Å². The normalized spacial score (nSPS) is 10.7. The van der Waals surface area contributed by atoms with E-state index >= 15 is 0 Å². The molecule has 1 aromatic heterocycles. The molecule has 6 heteroatoms. The van der Waals surface area contributed by atoms with Crippen molar-refractivity contribution in [3.05, 3.63) is 46.0 Å². The van der Waals surface area contributed by atoms with Crippen LogP contribution in [-0.4, -0.2) is 22.7 Å². The number of ketones is 1. The molecule has 0 fully saturated rings. The fourth-order valence-corrected chi connectivity index (χ4v) is 2.33. The Bertz CT molecular complexity index is 683. The molecule has 0 amide bonds. The molecule has 0 atom stereocenters. The molecule has 0 bridgehead atoms. The summed E-state index contributed by atoms with van der Waals surface area (Å²) in [4.78, 5) is 12.3. The van der Waals surface area contributed by atoms with Gasteiger partial charge in [-0.25, -0.2) is 4.39 Å². The number of hydrogen-bond acceptors (Lipinski definition) is 3. The Kier molecular flexibility index (Phi) is 4.63. The predicted octanol–water partition coefficient (Wildman–Crippen LogP) is 3.44. The van der Waals surface area contributed by atoms with Crippen molar-refractivity contribution in [1.29, 1.82) is 0 Å². The Hall–Kier alpha value is -1.88. The Morgan fingerprint density at radius 2 is 2.19 bits per heavy atom. The van der Waals surface area contributed by atoms with Gasteiger partial charge in [-0.3, -0.25) is 9.48 Å². The van der Waals surface area contributed by atoms with E-state index in [9.17, 15) is 9.18 Å². The minimum atomic E-state index is -0.561. The van der Waals surface area contributed by atoms with Gasteiger partial charge in [0.2, 0.25) is 0 Å². The number of nitrogens with zero attached hydrogens (tertiary/aromatic N) is 2. The van der Waals surface area contributed by atoms with E-state index in [2.05, 4.69) is 5.10 Å². The second-order valence-electron chi connectivity index (χ2n) is 4.61. The molecule has 2 aromatic rings. The van der Waals surface area contributed by atoms with Gasteiger partial charge >= 0.3 is 0 Å². The van der Waals surface area contributed by atoms with E-state index in [1.165, 1.54) is 25.3 Å². The molecule has 0 unspecified atom stereocenters. The highest BCUT2D eigenvalue weighted by Crippen LogP contribution is 2.23. The molecule has 0 aliphatic rings. The largest absolute Gasteiger partial charge is 0.494 e. The van der Waals surface area contributed by atoms with Crippen molar-refractivity contribution in [3.63, 3.8) is 0 Å². The first kappa shape index (κ1) is 15.5. The molecule has 4 nitrogen and oxygen atoms in total. The zero-order chi connectivity index (χ0) is 15.6. The van der Waals surface area contributed by atoms with Crippen molar-refractivity contribution >= 4 is 17.4 Å². The van der Waals surface area contributed by atoms with Gasteiger partial charge < -0.3 is 4.74 Å². The van der Waals surface area contributed by atoms with Crippen LogP contribution in [0.3, 0.4) is 0 Å². The maximum atomic E-state index is 13.7. The molecule has 0 spiro atoms. The van der Waals surface area contributed by atoms with Gasteiger partial charge in [0.1, 0.15) is 0 Å². The minimum Gasteiger partial charge on any atom is -0.494 e. The number of benzene rings is 1. The van der Waals surface area contributed by atoms with E-state index in [1.807, 2.05) is 6.92 Å². The fourth-order valence-electron chi connectivity index (χ4n) is 2.13. The van der Waals surface area contributed by atoms with Crippen LogP contribution in [0.5, 0.6) is 5.75 Å². The van der Waals surface area contributed by atoms with Gasteiger partial charge in [0.05, 0.1) is 29.9 Å². The van der Waals surface area contributed by atoms with Gasteiger partial charge in [0.25, 0.3) is 0 Å². The van der Waals surface area contributed by atoms with Crippen LogP contribution in [0.15, 0.2) is 18.2 Å². The van der Waals surface area contributed by atoms with Crippen LogP contribution >= 0.6 is 11.6 Å². The summed E-state index contributed by atoms with van der Waals surface area (Å²) in [6.07, 6.45) is 0.0826. The third-order valence-electron chi connectivity index (χ3n) is 3.25. The molecule has 0 N–H and O–H groups in total. The number of Topliss-reactive ketones (excluding diaryl/α,β-unsaturated/α-hetero) is 1. The van der Waals surface area contributed by atoms with Crippen LogP contribution in [-0.2, 0) is 13.0 Å². The molecular weight excluding hydrogens is 295 g/mol. The summed E-state index contributed by atoms with van der Waals surface area (Å²) in [5.41, 5.74) is 1.62. The third-order valence-corrected chi connectivity index (χ3v) is 3.75. The number of carbonyl (C=O) groups excluding carboxylic acids is 1. The molecule has 0 aliphatic heterocycles. The number of rotatable bonds is 5. The zero-order valence-corrected chi connectivity index (χ0v) is 12.9. The number of carbonyl (C=O) groups is 1. The van der Waals surface area contributed by atoms with Crippen LogP contribution in [0.2, 0.25) is 5.02 Å². The smallest absolute Gasteiger partial charge is 0.168 e. The van der Waals surface area contributed by atoms with E-state index in [1.54, 1.807) is 11.6 Å². The molecule has 0 saturated carbocycles. The van der Waals surface area contributed by atoms with Crippen LogP contribution in [0.4, 0.5) is 4.39 Å². The lowest BCUT2D eigenvalue weighted by atomic mass is 10.1. The molecule has 0 radical (unpaired) electrons. The third kappa shape index (κ3) is 3.08. The standard InChI is InChI=1S/C15H16ClFN2O2/c1-4-19-12(15(16)9(2)18-19)8-13(20)10-5-6-14(21-3)11(17)7-10/h5-7H,4,8H2,1-3H3. The van der Waals surface area contributed by atoms with Crippen molar-refractivity contribution in [2.45, 2.75) is 26.8 Å². The molecule has 0 aliphatic carbocycles. The molecular formula is C15H16ClFN2O2. The average molecular weight is 311 g/mol. The van der Waals surface area contributed by atoms with Gasteiger partial charge in [-0.2, -0.15) is 5.10 Å². The molecule has 2 rings (SSSR count). The zero-order valence-electron chi connectivity index (χ0n) is 12.1. The van der Waals surface area contributed by atoms with Crippen molar-refractivity contribution in [1.82, 2.24) is 9.78 Å². The molecule has 1 aromatic carbocycles. The topological polar surface area (TPSA) is 44.1 Å². The highest BCUT2D eigenvalue weighted by atomic mass is 35.5. The van der Waals surface area contributed by atoms with E-state index in [-0.39, 0.29) is 23.5 Å². The van der Waals surface area contributed by atoms with Crippen molar-refractivity contribution < 1.29 is 13.9 Å². The first-order chi connectivity index (χ1) is 9.97. The number of methoxy groups -OCH3 is 1. The van der Waals surface area contributed by atoms with Gasteiger partial charge in [0, 0.05) is 12.1 Å². The molecule has 1 heterocycles. The van der Waals surface area contributed by atoms with E-state index in [0.29, 0.717) is 23.0 Å². The van der Waals surface area contributed by atoms with E-state index in [4.69, 9.17) is 16.3 Å². The summed E-state index contributed by atoms with van der Waals surface area (Å²) in [6.45, 7) is 4.33. The number of aryl methyl sites for hydroxylation is 2. The summed E-state index contributed by atoms with van der Waals surface area (Å²) in [5, 5.41) is 4.74. The lowest BCUT2D eigenvalue weighted by Gasteiger charge is -2.07. The van der Waals surface area contributed by atoms with Crippen molar-refractivity contribution in [2.24, 2.45) is 0 Å². The van der Waals surface area contributed by atoms with Gasteiger partial charge in [0.15, 0.2) is 17.3 Å². The monoisotopic (exact) mass is 310 g/mol. The second kappa shape index (κ2) is 6.26. The van der Waals surface area contributed by atoms with Gasteiger partial charge in [-0.05, 0) is 32.0 Å². The number of ether oxygens (including phenoxy) is 1. The maximum Gasteiger partial charge on any atom is 0.168 e. The summed E-state index contributed by atoms with van der Waals surface area (Å²) >= 11 is 6.17. The maximum absolute atomic E-state index is 13.7. The Morgan fingerprint density at radius 1 is 1.48 bits per heavy atom. The van der Waals surface area contributed by atoms with Crippen LogP contribution in [0, 0.1) is 12.7 Å². The van der Waals surface area contributed by atoms with Gasteiger partial charge in [-0.15, -0.1) is 0 Å². The van der Waals surface area contributed by atoms with E-state index < -0.39 is 5.82 Å². The molecule has 0 saturated heterocycles. The van der Waals surface area contributed by atoms with Crippen molar-refractivity contribution in [2.75, 3.05) is 7.11 Å². The second-order valence-corrected chi connectivity index (χ2v) is 4.99. The Morgan fingerprint density at radius 3 is 2.76 bits per heavy atom. The quantitative estimate of drug-likeness (QED) is 0.795. The Labute approximate surface area is 127 Å². The average Bonchev–Trinajstić information content (AvgIpc) is 2.74. The summed E-state index contributed by atoms with van der Waals surface area (Å²) < 4.78 is 20.2. The Balaban J connectivity index is 2.28. The number of halogens is 2. The lowest BCUT2D eigenvalue weighted by molar-refractivity contribution is 0.0990. The summed E-state index contributed by atoms with van der Waals surface area (Å²) in [6, 6.07) is 4.15. The summed E-state index contributed by atoms with van der Waals surface area (Å²) in [7, 11) is 1.38. The number of hydrogen-bond donors (Lipinski definition) is 0. The first-order valence-electron chi connectivity index (χ1n) is 6.56. The van der Waals surface area contributed by atoms with E-state index in [0.717, 1.165) is 0 Å². The minimum absolute atomic E-state index is 0.0826. The summed E-state index contributed by atoms with van der Waals surface area (Å²) in [5.74, 6) is -0.665. The highest BCUT2D eigenvalue weighted by Gasteiger charge is 2.18. The van der Waals surface area contributed by atoms with Crippen LogP contribution < -0.4 is 4.74 Å². The van der Waals surface area contributed by atoms with Crippen LogP contribution in [0.1, 0.15) is 28.7 Å². The molecule has 112 valence electrons. The lowest BCUT2D eigenvalue weighted by Crippen LogP contribution is -2.10.